The zero-order valence-electron chi connectivity index (χ0n) is 13.1. The minimum absolute atomic E-state index is 0. The molecule has 3 N–H and O–H groups in total. The maximum Gasteiger partial charge on any atom is 0.248 e. The molecule has 1 atom stereocenters. The summed E-state index contributed by atoms with van der Waals surface area (Å²) in [5, 5.41) is 6.89. The van der Waals surface area contributed by atoms with E-state index in [1.807, 2.05) is 38.1 Å². The van der Waals surface area contributed by atoms with Crippen LogP contribution in [0.25, 0.3) is 0 Å². The number of nitrogens with two attached hydrogens (primary N) is 1. The van der Waals surface area contributed by atoms with Crippen LogP contribution in [0, 0.1) is 5.92 Å². The number of nitrogens with zero attached hydrogens (tertiary/aromatic N) is 3. The van der Waals surface area contributed by atoms with Crippen LogP contribution in [0.1, 0.15) is 25.8 Å². The van der Waals surface area contributed by atoms with Crippen molar-refractivity contribution in [3.63, 3.8) is 0 Å². The number of benzene rings is 1. The van der Waals surface area contributed by atoms with E-state index in [-0.39, 0.29) is 24.3 Å². The van der Waals surface area contributed by atoms with Crippen molar-refractivity contribution in [2.24, 2.45) is 11.7 Å². The summed E-state index contributed by atoms with van der Waals surface area (Å²) in [6.45, 7) is 4.64. The number of anilines is 1. The summed E-state index contributed by atoms with van der Waals surface area (Å²) in [6, 6.07) is 7.40. The number of carbonyl (C=O) groups excluding carboxylic acids is 1. The first-order valence-electron chi connectivity index (χ1n) is 7.14. The second-order valence-electron chi connectivity index (χ2n) is 5.62. The van der Waals surface area contributed by atoms with E-state index >= 15 is 0 Å². The standard InChI is InChI=1S/C15H20BrN5O.ClH/c1-10(2)6-13(17)14(22)19-15-18-9-21(20-15)8-11-4-3-5-12(16)7-11;/h3-5,7,9-10,13H,6,8,17H2,1-2H3,(H,19,20,22);1H/t13-;/m0./s1. The fourth-order valence-corrected chi connectivity index (χ4v) is 2.51. The number of rotatable bonds is 6. The monoisotopic (exact) mass is 401 g/mol. The topological polar surface area (TPSA) is 85.8 Å². The Morgan fingerprint density at radius 3 is 2.83 bits per heavy atom. The van der Waals surface area contributed by atoms with Crippen LogP contribution < -0.4 is 11.1 Å². The quantitative estimate of drug-likeness (QED) is 0.778. The van der Waals surface area contributed by atoms with Gasteiger partial charge < -0.3 is 5.73 Å². The van der Waals surface area contributed by atoms with Gasteiger partial charge in [-0.25, -0.2) is 9.67 Å². The number of hydrogen-bond acceptors (Lipinski definition) is 4. The fourth-order valence-electron chi connectivity index (χ4n) is 2.07. The smallest absolute Gasteiger partial charge is 0.248 e. The highest BCUT2D eigenvalue weighted by atomic mass is 79.9. The van der Waals surface area contributed by atoms with Crippen LogP contribution in [0.15, 0.2) is 35.1 Å². The van der Waals surface area contributed by atoms with Gasteiger partial charge in [-0.15, -0.1) is 17.5 Å². The van der Waals surface area contributed by atoms with Crippen LogP contribution >= 0.6 is 28.3 Å². The van der Waals surface area contributed by atoms with Crippen molar-refractivity contribution in [1.29, 1.82) is 0 Å². The van der Waals surface area contributed by atoms with Gasteiger partial charge in [-0.05, 0) is 30.0 Å². The molecule has 2 rings (SSSR count). The van der Waals surface area contributed by atoms with Crippen LogP contribution in [-0.4, -0.2) is 26.7 Å². The predicted octanol–water partition coefficient (Wildman–Crippen LogP) is 2.82. The van der Waals surface area contributed by atoms with Crippen molar-refractivity contribution in [1.82, 2.24) is 14.8 Å². The molecule has 0 spiro atoms. The normalized spacial score (nSPS) is 11.9. The number of carbonyl (C=O) groups is 1. The molecular formula is C15H21BrClN5O. The second kappa shape index (κ2) is 9.00. The SMILES string of the molecule is CC(C)C[C@H](N)C(=O)Nc1ncn(Cc2cccc(Br)c2)n1.Cl. The molecule has 0 saturated carbocycles. The highest BCUT2D eigenvalue weighted by Crippen LogP contribution is 2.13. The molecule has 2 aromatic rings. The van der Waals surface area contributed by atoms with Gasteiger partial charge in [-0.1, -0.05) is 41.9 Å². The van der Waals surface area contributed by atoms with E-state index in [4.69, 9.17) is 5.73 Å². The van der Waals surface area contributed by atoms with Gasteiger partial charge in [0.15, 0.2) is 0 Å². The van der Waals surface area contributed by atoms with Crippen LogP contribution in [0.5, 0.6) is 0 Å². The van der Waals surface area contributed by atoms with Gasteiger partial charge in [0.1, 0.15) is 6.33 Å². The Labute approximate surface area is 150 Å². The fraction of sp³-hybridized carbons (Fsp3) is 0.400. The lowest BCUT2D eigenvalue weighted by molar-refractivity contribution is -0.117. The summed E-state index contributed by atoms with van der Waals surface area (Å²) >= 11 is 3.43. The zero-order valence-corrected chi connectivity index (χ0v) is 15.5. The molecule has 0 saturated heterocycles. The van der Waals surface area contributed by atoms with E-state index in [9.17, 15) is 4.79 Å². The second-order valence-corrected chi connectivity index (χ2v) is 6.54. The summed E-state index contributed by atoms with van der Waals surface area (Å²) in [6.07, 6.45) is 2.22. The Balaban J connectivity index is 0.00000264. The Morgan fingerprint density at radius 1 is 1.43 bits per heavy atom. The van der Waals surface area contributed by atoms with Gasteiger partial charge in [-0.2, -0.15) is 0 Å². The summed E-state index contributed by atoms with van der Waals surface area (Å²) in [5.74, 6) is 0.385. The van der Waals surface area contributed by atoms with Gasteiger partial charge in [0, 0.05) is 4.47 Å². The average molecular weight is 403 g/mol. The lowest BCUT2D eigenvalue weighted by atomic mass is 10.0. The highest BCUT2D eigenvalue weighted by Gasteiger charge is 2.16. The molecule has 0 bridgehead atoms. The van der Waals surface area contributed by atoms with Crippen molar-refractivity contribution in [3.05, 3.63) is 40.6 Å². The van der Waals surface area contributed by atoms with E-state index in [0.717, 1.165) is 10.0 Å². The van der Waals surface area contributed by atoms with E-state index in [0.29, 0.717) is 18.9 Å². The molecule has 0 aliphatic carbocycles. The van der Waals surface area contributed by atoms with Crippen LogP contribution in [0.3, 0.4) is 0 Å². The van der Waals surface area contributed by atoms with Gasteiger partial charge in [-0.3, -0.25) is 10.1 Å². The first-order valence-corrected chi connectivity index (χ1v) is 7.93. The molecule has 0 aliphatic rings. The van der Waals surface area contributed by atoms with E-state index in [1.54, 1.807) is 11.0 Å². The van der Waals surface area contributed by atoms with E-state index in [1.165, 1.54) is 0 Å². The first-order chi connectivity index (χ1) is 10.4. The third kappa shape index (κ3) is 6.29. The lowest BCUT2D eigenvalue weighted by Crippen LogP contribution is -2.37. The maximum absolute atomic E-state index is 11.9. The molecule has 0 unspecified atom stereocenters. The van der Waals surface area contributed by atoms with Crippen molar-refractivity contribution in [3.8, 4) is 0 Å². The molecule has 0 radical (unpaired) electrons. The van der Waals surface area contributed by atoms with Crippen LogP contribution in [0.2, 0.25) is 0 Å². The molecule has 1 amide bonds. The minimum atomic E-state index is -0.544. The molecule has 23 heavy (non-hydrogen) atoms. The third-order valence-electron chi connectivity index (χ3n) is 3.07. The van der Waals surface area contributed by atoms with Gasteiger partial charge in [0.05, 0.1) is 12.6 Å². The minimum Gasteiger partial charge on any atom is -0.320 e. The lowest BCUT2D eigenvalue weighted by Gasteiger charge is -2.12. The summed E-state index contributed by atoms with van der Waals surface area (Å²) in [5.41, 5.74) is 6.92. The molecule has 126 valence electrons. The molecule has 0 aliphatic heterocycles. The predicted molar refractivity (Wildman–Crippen MR) is 96.6 cm³/mol. The Bertz CT molecular complexity index is 646. The van der Waals surface area contributed by atoms with E-state index in [2.05, 4.69) is 31.3 Å². The number of amides is 1. The molecule has 0 fully saturated rings. The highest BCUT2D eigenvalue weighted by molar-refractivity contribution is 9.10. The molecule has 6 nitrogen and oxygen atoms in total. The van der Waals surface area contributed by atoms with Crippen molar-refractivity contribution >= 4 is 40.2 Å². The summed E-state index contributed by atoms with van der Waals surface area (Å²) in [4.78, 5) is 16.0. The molecule has 1 heterocycles. The van der Waals surface area contributed by atoms with E-state index < -0.39 is 6.04 Å². The van der Waals surface area contributed by atoms with Gasteiger partial charge in [0.2, 0.25) is 11.9 Å². The number of hydrogen-bond donors (Lipinski definition) is 2. The number of halogens is 2. The molecule has 1 aromatic carbocycles. The largest absolute Gasteiger partial charge is 0.320 e. The third-order valence-corrected chi connectivity index (χ3v) is 3.56. The summed E-state index contributed by atoms with van der Waals surface area (Å²) in [7, 11) is 0. The number of aromatic nitrogens is 3. The molecule has 1 aromatic heterocycles. The van der Waals surface area contributed by atoms with Gasteiger partial charge >= 0.3 is 0 Å². The zero-order chi connectivity index (χ0) is 16.1. The molecular weight excluding hydrogens is 382 g/mol. The Hall–Kier alpha value is -1.44. The van der Waals surface area contributed by atoms with Crippen molar-refractivity contribution in [2.75, 3.05) is 5.32 Å². The molecule has 8 heteroatoms. The average Bonchev–Trinajstić information content (AvgIpc) is 2.85. The van der Waals surface area contributed by atoms with Crippen molar-refractivity contribution in [2.45, 2.75) is 32.9 Å². The first kappa shape index (κ1) is 19.6. The summed E-state index contributed by atoms with van der Waals surface area (Å²) < 4.78 is 2.68. The number of nitrogens with one attached hydrogen (secondary N) is 1. The Morgan fingerprint density at radius 2 is 2.17 bits per heavy atom. The Kier molecular flexibility index (Phi) is 7.67. The van der Waals surface area contributed by atoms with Gasteiger partial charge in [0.25, 0.3) is 0 Å². The van der Waals surface area contributed by atoms with Crippen molar-refractivity contribution < 1.29 is 4.79 Å². The maximum atomic E-state index is 11.9. The van der Waals surface area contributed by atoms with Crippen LogP contribution in [0.4, 0.5) is 5.95 Å². The van der Waals surface area contributed by atoms with Crippen LogP contribution in [-0.2, 0) is 11.3 Å².